The number of hydrogen-bond acceptors (Lipinski definition) is 16. The van der Waals surface area contributed by atoms with Crippen molar-refractivity contribution >= 4 is 0 Å². The molecule has 3 rings (SSSR count). The molecule has 0 spiro atoms. The summed E-state index contributed by atoms with van der Waals surface area (Å²) >= 11 is 0. The predicted octanol–water partition coefficient (Wildman–Crippen LogP) is -7.57. The van der Waals surface area contributed by atoms with Gasteiger partial charge in [0.25, 0.3) is 0 Å². The van der Waals surface area contributed by atoms with Gasteiger partial charge in [0.2, 0.25) is 0 Å². The molecule has 3 unspecified atom stereocenters. The molecule has 16 nitrogen and oxygen atoms in total. The first-order valence-corrected chi connectivity index (χ1v) is 10.6. The Kier molecular flexibility index (Phi) is 9.54. The maximum atomic E-state index is 10.6. The summed E-state index contributed by atoms with van der Waals surface area (Å²) in [4.78, 5) is 0. The van der Waals surface area contributed by atoms with Gasteiger partial charge >= 0.3 is 0 Å². The maximum Gasteiger partial charge on any atom is 0.187 e. The number of rotatable bonds is 7. The van der Waals surface area contributed by atoms with E-state index >= 15 is 0 Å². The molecule has 3 aliphatic heterocycles. The van der Waals surface area contributed by atoms with Crippen molar-refractivity contribution in [3.05, 3.63) is 0 Å². The van der Waals surface area contributed by atoms with Crippen molar-refractivity contribution in [3.63, 3.8) is 0 Å². The molecule has 3 aliphatic rings. The molecule has 0 radical (unpaired) electrons. The molecular formula is C18H32O16. The maximum absolute atomic E-state index is 10.6. The van der Waals surface area contributed by atoms with Crippen LogP contribution in [0.15, 0.2) is 0 Å². The smallest absolute Gasteiger partial charge is 0.187 e. The molecule has 16 heteroatoms. The summed E-state index contributed by atoms with van der Waals surface area (Å²) in [6.45, 7) is -2.32. The van der Waals surface area contributed by atoms with Gasteiger partial charge in [-0.2, -0.15) is 0 Å². The van der Waals surface area contributed by atoms with Crippen LogP contribution < -0.4 is 0 Å². The molecule has 0 bridgehead atoms. The quantitative estimate of drug-likeness (QED) is 0.154. The third-order valence-electron chi connectivity index (χ3n) is 6.09. The highest BCUT2D eigenvalue weighted by molar-refractivity contribution is 4.96. The van der Waals surface area contributed by atoms with Crippen molar-refractivity contribution in [2.75, 3.05) is 19.8 Å². The van der Waals surface area contributed by atoms with Crippen LogP contribution >= 0.6 is 0 Å². The summed E-state index contributed by atoms with van der Waals surface area (Å²) in [7, 11) is 0. The van der Waals surface area contributed by atoms with E-state index in [2.05, 4.69) is 0 Å². The van der Waals surface area contributed by atoms with Gasteiger partial charge in [-0.25, -0.2) is 0 Å². The highest BCUT2D eigenvalue weighted by atomic mass is 16.8. The Morgan fingerprint density at radius 3 is 1.35 bits per heavy atom. The monoisotopic (exact) mass is 504 g/mol. The zero-order valence-electron chi connectivity index (χ0n) is 17.7. The van der Waals surface area contributed by atoms with Crippen molar-refractivity contribution in [1.82, 2.24) is 0 Å². The SMILES string of the molecule is OC[C@@H]1O[C@H](OC2[C@@H](O)[C@@H](O)C(O)O[C@@H]2CO)[C@H](O)[C@@H](O)[C@@H]1OC1O[C@H](CO)[C@@H](O)[C@H](O)[C@@H]1O. The standard InChI is InChI=1S/C18H32O16/c19-1-4-7(22)8(23)12(27)17(31-4)34-15-6(3-21)32-18(13(28)10(15)25)33-14-5(2-20)30-16(29)11(26)9(14)24/h4-29H,1-3H2/t4-,5-,6+,7-,8+,9+,10-,11-,12+,13-,14?,15-,16?,17?,18-/m1/s1. The summed E-state index contributed by atoms with van der Waals surface area (Å²) < 4.78 is 26.4. The van der Waals surface area contributed by atoms with Gasteiger partial charge < -0.3 is 79.9 Å². The van der Waals surface area contributed by atoms with Crippen LogP contribution in [-0.2, 0) is 23.7 Å². The van der Waals surface area contributed by atoms with Crippen LogP contribution in [-0.4, -0.2) is 168 Å². The summed E-state index contributed by atoms with van der Waals surface area (Å²) in [5, 5.41) is 109. The molecule has 0 aliphatic carbocycles. The molecule has 3 heterocycles. The molecule has 3 saturated heterocycles. The molecule has 0 amide bonds. The van der Waals surface area contributed by atoms with Gasteiger partial charge in [-0.05, 0) is 0 Å². The molecule has 15 atom stereocenters. The Labute approximate surface area is 192 Å². The normalized spacial score (nSPS) is 52.5. The summed E-state index contributed by atoms with van der Waals surface area (Å²) in [6.07, 6.45) is -25.1. The zero-order chi connectivity index (χ0) is 25.3. The molecule has 0 aromatic carbocycles. The van der Waals surface area contributed by atoms with Crippen molar-refractivity contribution in [3.8, 4) is 0 Å². The predicted molar refractivity (Wildman–Crippen MR) is 101 cm³/mol. The summed E-state index contributed by atoms with van der Waals surface area (Å²) in [6, 6.07) is 0. The Balaban J connectivity index is 1.72. The largest absolute Gasteiger partial charge is 0.394 e. The van der Waals surface area contributed by atoms with E-state index in [1.165, 1.54) is 0 Å². The Hall–Kier alpha value is -0.640. The van der Waals surface area contributed by atoms with Gasteiger partial charge in [0.05, 0.1) is 19.8 Å². The molecule has 11 N–H and O–H groups in total. The fourth-order valence-electron chi connectivity index (χ4n) is 4.06. The van der Waals surface area contributed by atoms with Crippen LogP contribution in [0.2, 0.25) is 0 Å². The highest BCUT2D eigenvalue weighted by Crippen LogP contribution is 2.32. The van der Waals surface area contributed by atoms with Crippen LogP contribution in [0.5, 0.6) is 0 Å². The lowest BCUT2D eigenvalue weighted by Gasteiger charge is -2.47. The van der Waals surface area contributed by atoms with E-state index in [1.807, 2.05) is 0 Å². The van der Waals surface area contributed by atoms with E-state index in [9.17, 15) is 56.2 Å². The van der Waals surface area contributed by atoms with E-state index in [1.54, 1.807) is 0 Å². The topological polar surface area (TPSA) is 269 Å². The van der Waals surface area contributed by atoms with Crippen LogP contribution in [0.1, 0.15) is 0 Å². The highest BCUT2D eigenvalue weighted by Gasteiger charge is 2.53. The zero-order valence-corrected chi connectivity index (χ0v) is 17.7. The Bertz CT molecular complexity index is 635. The summed E-state index contributed by atoms with van der Waals surface area (Å²) in [5.74, 6) is 0. The van der Waals surface area contributed by atoms with Gasteiger partial charge in [0.1, 0.15) is 73.2 Å². The van der Waals surface area contributed by atoms with Gasteiger partial charge in [-0.1, -0.05) is 0 Å². The minimum absolute atomic E-state index is 0.741. The second-order valence-corrected chi connectivity index (χ2v) is 8.33. The van der Waals surface area contributed by atoms with Crippen LogP contribution in [0, 0.1) is 0 Å². The van der Waals surface area contributed by atoms with Crippen LogP contribution in [0.3, 0.4) is 0 Å². The first-order valence-electron chi connectivity index (χ1n) is 10.6. The number of aliphatic hydroxyl groups excluding tert-OH is 11. The van der Waals surface area contributed by atoms with E-state index < -0.39 is 112 Å². The van der Waals surface area contributed by atoms with Crippen molar-refractivity contribution in [1.29, 1.82) is 0 Å². The lowest BCUT2D eigenvalue weighted by atomic mass is 9.96. The van der Waals surface area contributed by atoms with Crippen molar-refractivity contribution in [2.24, 2.45) is 0 Å². The third-order valence-corrected chi connectivity index (χ3v) is 6.09. The molecule has 0 saturated carbocycles. The van der Waals surface area contributed by atoms with E-state index in [-0.39, 0.29) is 0 Å². The second-order valence-electron chi connectivity index (χ2n) is 8.33. The minimum Gasteiger partial charge on any atom is -0.394 e. The minimum atomic E-state index is -1.91. The summed E-state index contributed by atoms with van der Waals surface area (Å²) in [5.41, 5.74) is 0. The number of ether oxygens (including phenoxy) is 5. The van der Waals surface area contributed by atoms with E-state index in [0.29, 0.717) is 0 Å². The lowest BCUT2D eigenvalue weighted by molar-refractivity contribution is -0.377. The lowest BCUT2D eigenvalue weighted by Crippen LogP contribution is -2.66. The van der Waals surface area contributed by atoms with E-state index in [0.717, 1.165) is 0 Å². The molecule has 0 aromatic rings. The third kappa shape index (κ3) is 5.37. The van der Waals surface area contributed by atoms with Crippen molar-refractivity contribution < 1.29 is 79.9 Å². The van der Waals surface area contributed by atoms with Crippen LogP contribution in [0.25, 0.3) is 0 Å². The fourth-order valence-corrected chi connectivity index (χ4v) is 4.06. The van der Waals surface area contributed by atoms with Crippen molar-refractivity contribution in [2.45, 2.75) is 92.1 Å². The fraction of sp³-hybridized carbons (Fsp3) is 1.00. The Morgan fingerprint density at radius 1 is 0.441 bits per heavy atom. The van der Waals surface area contributed by atoms with E-state index in [4.69, 9.17) is 23.7 Å². The number of hydrogen-bond donors (Lipinski definition) is 11. The molecule has 0 aromatic heterocycles. The van der Waals surface area contributed by atoms with Gasteiger partial charge in [-0.15, -0.1) is 0 Å². The number of aliphatic hydroxyl groups is 11. The van der Waals surface area contributed by atoms with Gasteiger partial charge in [0, 0.05) is 0 Å². The van der Waals surface area contributed by atoms with Gasteiger partial charge in [-0.3, -0.25) is 0 Å². The Morgan fingerprint density at radius 2 is 0.853 bits per heavy atom. The average molecular weight is 504 g/mol. The van der Waals surface area contributed by atoms with Crippen LogP contribution in [0.4, 0.5) is 0 Å². The van der Waals surface area contributed by atoms with Gasteiger partial charge in [0.15, 0.2) is 18.9 Å². The molecule has 3 fully saturated rings. The first kappa shape index (κ1) is 27.9. The molecular weight excluding hydrogens is 472 g/mol. The first-order chi connectivity index (χ1) is 16.0. The second kappa shape index (κ2) is 11.6. The molecule has 200 valence electrons. The average Bonchev–Trinajstić information content (AvgIpc) is 2.83. The molecule has 34 heavy (non-hydrogen) atoms.